The van der Waals surface area contributed by atoms with E-state index in [-0.39, 0.29) is 11.3 Å². The van der Waals surface area contributed by atoms with Crippen molar-refractivity contribution in [2.24, 2.45) is 0 Å². The van der Waals surface area contributed by atoms with E-state index in [1.807, 2.05) is 5.32 Å². The monoisotopic (exact) mass is 220 g/mol. The van der Waals surface area contributed by atoms with Crippen molar-refractivity contribution < 1.29 is 23.2 Å². The molecule has 0 aliphatic rings. The Morgan fingerprint density at radius 3 is 2.87 bits per heavy atom. The Kier molecular flexibility index (Phi) is 3.35. The molecule has 0 atom stereocenters. The number of carbonyl (C=O) groups excluding carboxylic acids is 1. The molecule has 1 amide bonds. The molecule has 0 radical (unpaired) electrons. The van der Waals surface area contributed by atoms with Crippen LogP contribution in [0, 0.1) is 6.92 Å². The van der Waals surface area contributed by atoms with Crippen LogP contribution in [0.4, 0.5) is 8.78 Å². The number of halogens is 2. The molecular formula is C8H10F2N2O3. The van der Waals surface area contributed by atoms with E-state index >= 15 is 0 Å². The topological polar surface area (TPSA) is 75.4 Å². The minimum absolute atomic E-state index is 0.101. The summed E-state index contributed by atoms with van der Waals surface area (Å²) < 4.78 is 29.7. The molecule has 0 fully saturated rings. The van der Waals surface area contributed by atoms with Gasteiger partial charge in [-0.05, 0) is 6.92 Å². The first-order chi connectivity index (χ1) is 6.96. The van der Waals surface area contributed by atoms with Crippen LogP contribution in [0.2, 0.25) is 0 Å². The fourth-order valence-electron chi connectivity index (χ4n) is 0.877. The Balaban J connectivity index is 2.55. The van der Waals surface area contributed by atoms with Crippen LogP contribution in [0.3, 0.4) is 0 Å². The molecule has 7 heteroatoms. The molecule has 0 aliphatic heterocycles. The number of carbonyl (C=O) groups is 1. The summed E-state index contributed by atoms with van der Waals surface area (Å²) in [6.07, 6.45) is 1.14. The van der Waals surface area contributed by atoms with Crippen molar-refractivity contribution in [3.63, 3.8) is 0 Å². The van der Waals surface area contributed by atoms with Gasteiger partial charge in [-0.3, -0.25) is 4.79 Å². The van der Waals surface area contributed by atoms with Crippen LogP contribution in [0.25, 0.3) is 0 Å². The van der Waals surface area contributed by atoms with Gasteiger partial charge in [-0.1, -0.05) is 5.16 Å². The lowest BCUT2D eigenvalue weighted by Crippen LogP contribution is -2.39. The van der Waals surface area contributed by atoms with Crippen molar-refractivity contribution in [1.82, 2.24) is 10.5 Å². The van der Waals surface area contributed by atoms with Gasteiger partial charge in [0.1, 0.15) is 17.9 Å². The smallest absolute Gasteiger partial charge is 0.287 e. The lowest BCUT2D eigenvalue weighted by Gasteiger charge is -2.13. The van der Waals surface area contributed by atoms with Crippen LogP contribution in [0.15, 0.2) is 10.7 Å². The third-order valence-corrected chi connectivity index (χ3v) is 1.73. The molecule has 1 heterocycles. The average molecular weight is 220 g/mol. The van der Waals surface area contributed by atoms with Gasteiger partial charge in [-0.15, -0.1) is 0 Å². The molecule has 1 aromatic heterocycles. The van der Waals surface area contributed by atoms with Crippen LogP contribution < -0.4 is 5.32 Å². The summed E-state index contributed by atoms with van der Waals surface area (Å²) in [6.45, 7) is -0.741. The van der Waals surface area contributed by atoms with Crippen molar-refractivity contribution in [3.05, 3.63) is 17.5 Å². The second-order valence-corrected chi connectivity index (χ2v) is 2.99. The third-order valence-electron chi connectivity index (χ3n) is 1.73. The van der Waals surface area contributed by atoms with E-state index in [2.05, 4.69) is 9.68 Å². The summed E-state index contributed by atoms with van der Waals surface area (Å²) in [7, 11) is 0. The molecule has 84 valence electrons. The van der Waals surface area contributed by atoms with Gasteiger partial charge in [0.05, 0.1) is 12.7 Å². The molecule has 0 saturated heterocycles. The number of aliphatic hydroxyl groups is 1. The van der Waals surface area contributed by atoms with Gasteiger partial charge in [0.25, 0.3) is 11.8 Å². The van der Waals surface area contributed by atoms with E-state index in [1.165, 1.54) is 6.92 Å². The maximum Gasteiger partial charge on any atom is 0.287 e. The first-order valence-corrected chi connectivity index (χ1v) is 4.14. The highest BCUT2D eigenvalue weighted by atomic mass is 19.3. The molecule has 0 bridgehead atoms. The number of aryl methyl sites for hydroxylation is 1. The van der Waals surface area contributed by atoms with Gasteiger partial charge in [-0.25, -0.2) is 8.78 Å². The zero-order valence-electron chi connectivity index (χ0n) is 7.96. The van der Waals surface area contributed by atoms with Crippen LogP contribution >= 0.6 is 0 Å². The van der Waals surface area contributed by atoms with Crippen molar-refractivity contribution in [2.45, 2.75) is 12.8 Å². The average Bonchev–Trinajstić information content (AvgIpc) is 2.61. The Hall–Kier alpha value is -1.50. The third kappa shape index (κ3) is 2.98. The minimum Gasteiger partial charge on any atom is -0.390 e. The predicted octanol–water partition coefficient (Wildman–Crippen LogP) is 0.340. The summed E-state index contributed by atoms with van der Waals surface area (Å²) >= 11 is 0. The first kappa shape index (κ1) is 11.6. The van der Waals surface area contributed by atoms with E-state index in [0.717, 1.165) is 6.20 Å². The molecule has 5 nitrogen and oxygen atoms in total. The SMILES string of the molecule is Cc1oncc1C(=O)NCC(F)(F)CO. The fraction of sp³-hybridized carbons (Fsp3) is 0.500. The highest BCUT2D eigenvalue weighted by Gasteiger charge is 2.28. The van der Waals surface area contributed by atoms with E-state index < -0.39 is 25.0 Å². The van der Waals surface area contributed by atoms with Crippen molar-refractivity contribution in [2.75, 3.05) is 13.2 Å². The molecule has 0 saturated carbocycles. The van der Waals surface area contributed by atoms with Gasteiger partial charge in [-0.2, -0.15) is 0 Å². The van der Waals surface area contributed by atoms with Gasteiger partial charge >= 0.3 is 0 Å². The number of alkyl halides is 2. The van der Waals surface area contributed by atoms with Gasteiger partial charge < -0.3 is 14.9 Å². The molecule has 15 heavy (non-hydrogen) atoms. The number of aromatic nitrogens is 1. The second-order valence-electron chi connectivity index (χ2n) is 2.99. The fourth-order valence-corrected chi connectivity index (χ4v) is 0.877. The van der Waals surface area contributed by atoms with E-state index in [0.29, 0.717) is 0 Å². The highest BCUT2D eigenvalue weighted by molar-refractivity contribution is 5.94. The Labute approximate surface area is 84.1 Å². The maximum atomic E-state index is 12.6. The molecule has 0 aromatic carbocycles. The summed E-state index contributed by atoms with van der Waals surface area (Å²) in [6, 6.07) is 0. The normalized spacial score (nSPS) is 11.5. The summed E-state index contributed by atoms with van der Waals surface area (Å²) in [4.78, 5) is 11.3. The Bertz CT molecular complexity index is 351. The Morgan fingerprint density at radius 1 is 1.73 bits per heavy atom. The van der Waals surface area contributed by atoms with Gasteiger partial charge in [0.2, 0.25) is 0 Å². The van der Waals surface area contributed by atoms with Crippen LogP contribution in [0.1, 0.15) is 16.1 Å². The second kappa shape index (κ2) is 4.35. The quantitative estimate of drug-likeness (QED) is 0.767. The van der Waals surface area contributed by atoms with E-state index in [9.17, 15) is 13.6 Å². The number of hydrogen-bond acceptors (Lipinski definition) is 4. The molecular weight excluding hydrogens is 210 g/mol. The molecule has 0 unspecified atom stereocenters. The number of nitrogens with zero attached hydrogens (tertiary/aromatic N) is 1. The summed E-state index contributed by atoms with van der Waals surface area (Å²) in [5.41, 5.74) is 0.101. The lowest BCUT2D eigenvalue weighted by molar-refractivity contribution is -0.0462. The zero-order chi connectivity index (χ0) is 11.5. The maximum absolute atomic E-state index is 12.6. The zero-order valence-corrected chi connectivity index (χ0v) is 7.96. The minimum atomic E-state index is -3.32. The molecule has 0 spiro atoms. The van der Waals surface area contributed by atoms with E-state index in [1.54, 1.807) is 0 Å². The van der Waals surface area contributed by atoms with Gasteiger partial charge in [0, 0.05) is 0 Å². The largest absolute Gasteiger partial charge is 0.390 e. The number of hydrogen-bond donors (Lipinski definition) is 2. The van der Waals surface area contributed by atoms with Crippen molar-refractivity contribution in [1.29, 1.82) is 0 Å². The molecule has 2 N–H and O–H groups in total. The highest BCUT2D eigenvalue weighted by Crippen LogP contribution is 2.11. The molecule has 1 rings (SSSR count). The van der Waals surface area contributed by atoms with Crippen LogP contribution in [-0.2, 0) is 0 Å². The number of nitrogens with one attached hydrogen (secondary N) is 1. The summed E-state index contributed by atoms with van der Waals surface area (Å²) in [5, 5.41) is 13.6. The Morgan fingerprint density at radius 2 is 2.40 bits per heavy atom. The van der Waals surface area contributed by atoms with Crippen molar-refractivity contribution in [3.8, 4) is 0 Å². The summed E-state index contributed by atoms with van der Waals surface area (Å²) in [5.74, 6) is -3.78. The van der Waals surface area contributed by atoms with Crippen LogP contribution in [-0.4, -0.2) is 35.2 Å². The standard InChI is InChI=1S/C8H10F2N2O3/c1-5-6(2-12-15-5)7(14)11-3-8(9,10)4-13/h2,13H,3-4H2,1H3,(H,11,14). The first-order valence-electron chi connectivity index (χ1n) is 4.14. The van der Waals surface area contributed by atoms with Crippen molar-refractivity contribution >= 4 is 5.91 Å². The number of amides is 1. The number of rotatable bonds is 4. The lowest BCUT2D eigenvalue weighted by atomic mass is 10.2. The van der Waals surface area contributed by atoms with Gasteiger partial charge in [0.15, 0.2) is 0 Å². The van der Waals surface area contributed by atoms with Crippen LogP contribution in [0.5, 0.6) is 0 Å². The molecule has 1 aromatic rings. The predicted molar refractivity (Wildman–Crippen MR) is 45.6 cm³/mol. The van der Waals surface area contributed by atoms with E-state index in [4.69, 9.17) is 5.11 Å². The number of aliphatic hydroxyl groups excluding tert-OH is 1. The molecule has 0 aliphatic carbocycles.